The van der Waals surface area contributed by atoms with Crippen molar-refractivity contribution >= 4 is 11.6 Å². The normalized spacial score (nSPS) is 23.5. The molecule has 4 heteroatoms. The van der Waals surface area contributed by atoms with Crippen LogP contribution >= 0.6 is 0 Å². The summed E-state index contributed by atoms with van der Waals surface area (Å²) in [5, 5.41) is 9.41. The number of likely N-dealkylation sites (tertiary alicyclic amines) is 1. The van der Waals surface area contributed by atoms with Crippen LogP contribution in [0.15, 0.2) is 30.3 Å². The van der Waals surface area contributed by atoms with E-state index in [9.17, 15) is 9.90 Å². The van der Waals surface area contributed by atoms with Crippen LogP contribution in [0.2, 0.25) is 0 Å². The first kappa shape index (κ1) is 14.0. The fraction of sp³-hybridized carbons (Fsp3) is 0.533. The molecule has 104 valence electrons. The molecule has 4 nitrogen and oxygen atoms in total. The van der Waals surface area contributed by atoms with Gasteiger partial charge >= 0.3 is 0 Å². The molecule has 2 unspecified atom stereocenters. The molecule has 19 heavy (non-hydrogen) atoms. The van der Waals surface area contributed by atoms with Gasteiger partial charge in [0.25, 0.3) is 0 Å². The first-order valence-electron chi connectivity index (χ1n) is 6.80. The number of carbonyl (C=O) groups is 1. The van der Waals surface area contributed by atoms with Gasteiger partial charge in [-0.1, -0.05) is 25.1 Å². The molecule has 2 atom stereocenters. The van der Waals surface area contributed by atoms with Crippen molar-refractivity contribution in [2.75, 3.05) is 31.6 Å². The summed E-state index contributed by atoms with van der Waals surface area (Å²) in [4.78, 5) is 16.0. The molecule has 1 heterocycles. The predicted molar refractivity (Wildman–Crippen MR) is 76.1 cm³/mol. The Balaban J connectivity index is 1.98. The molecule has 0 saturated carbocycles. The lowest BCUT2D eigenvalue weighted by atomic mass is 10.0. The molecule has 1 amide bonds. The van der Waals surface area contributed by atoms with Gasteiger partial charge in [0, 0.05) is 18.8 Å². The maximum atomic E-state index is 12.3. The van der Waals surface area contributed by atoms with E-state index in [2.05, 4.69) is 11.8 Å². The molecule has 1 aliphatic rings. The van der Waals surface area contributed by atoms with Crippen LogP contribution in [0, 0.1) is 5.92 Å². The Kier molecular flexibility index (Phi) is 4.56. The van der Waals surface area contributed by atoms with E-state index in [-0.39, 0.29) is 18.6 Å². The maximum Gasteiger partial charge on any atom is 0.240 e. The molecule has 1 fully saturated rings. The largest absolute Gasteiger partial charge is 0.395 e. The number of aliphatic hydroxyl groups is 1. The Morgan fingerprint density at radius 3 is 2.74 bits per heavy atom. The van der Waals surface area contributed by atoms with Crippen molar-refractivity contribution in [2.45, 2.75) is 19.4 Å². The number of hydrogen-bond acceptors (Lipinski definition) is 3. The number of rotatable bonds is 4. The zero-order valence-electron chi connectivity index (χ0n) is 11.6. The monoisotopic (exact) mass is 262 g/mol. The van der Waals surface area contributed by atoms with Gasteiger partial charge in [0.05, 0.1) is 13.2 Å². The maximum absolute atomic E-state index is 12.3. The molecular formula is C15H22N2O2. The highest BCUT2D eigenvalue weighted by atomic mass is 16.3. The number of benzene rings is 1. The summed E-state index contributed by atoms with van der Waals surface area (Å²) in [7, 11) is 1.80. The van der Waals surface area contributed by atoms with Gasteiger partial charge in [-0.05, 0) is 31.0 Å². The number of aliphatic hydroxyl groups excluding tert-OH is 1. The molecule has 1 N–H and O–H groups in total. The first-order chi connectivity index (χ1) is 9.13. The summed E-state index contributed by atoms with van der Waals surface area (Å²) in [5.41, 5.74) is 0.903. The summed E-state index contributed by atoms with van der Waals surface area (Å²) in [6.45, 7) is 3.53. The Hall–Kier alpha value is -1.39. The van der Waals surface area contributed by atoms with Gasteiger partial charge in [-0.3, -0.25) is 9.69 Å². The summed E-state index contributed by atoms with van der Waals surface area (Å²) in [6.07, 6.45) is 1.05. The number of para-hydroxylation sites is 1. The second-order valence-corrected chi connectivity index (χ2v) is 5.27. The van der Waals surface area contributed by atoms with Crippen LogP contribution in [-0.2, 0) is 4.79 Å². The number of hydrogen-bond donors (Lipinski definition) is 1. The highest BCUT2D eigenvalue weighted by Crippen LogP contribution is 2.23. The van der Waals surface area contributed by atoms with E-state index in [0.717, 1.165) is 18.7 Å². The SMILES string of the molecule is CC1CCN(CC(=O)N(C)c2ccccc2)C1CO. The summed E-state index contributed by atoms with van der Waals surface area (Å²) in [5.74, 6) is 0.526. The lowest BCUT2D eigenvalue weighted by Gasteiger charge is -2.26. The van der Waals surface area contributed by atoms with E-state index in [4.69, 9.17) is 0 Å². The second-order valence-electron chi connectivity index (χ2n) is 5.27. The lowest BCUT2D eigenvalue weighted by Crippen LogP contribution is -2.43. The minimum Gasteiger partial charge on any atom is -0.395 e. The van der Waals surface area contributed by atoms with Crippen molar-refractivity contribution in [3.63, 3.8) is 0 Å². The molecule has 0 spiro atoms. The molecule has 0 aliphatic carbocycles. The molecule has 1 aromatic carbocycles. The number of nitrogens with zero attached hydrogens (tertiary/aromatic N) is 2. The van der Waals surface area contributed by atoms with Gasteiger partial charge < -0.3 is 10.0 Å². The van der Waals surface area contributed by atoms with Gasteiger partial charge in [-0.2, -0.15) is 0 Å². The van der Waals surface area contributed by atoms with Crippen LogP contribution in [-0.4, -0.2) is 48.7 Å². The Morgan fingerprint density at radius 1 is 1.42 bits per heavy atom. The van der Waals surface area contributed by atoms with Crippen molar-refractivity contribution in [1.29, 1.82) is 0 Å². The van der Waals surface area contributed by atoms with Crippen LogP contribution < -0.4 is 4.90 Å². The first-order valence-corrected chi connectivity index (χ1v) is 6.80. The van der Waals surface area contributed by atoms with Crippen LogP contribution in [0.4, 0.5) is 5.69 Å². The Bertz CT molecular complexity index is 421. The van der Waals surface area contributed by atoms with Crippen LogP contribution in [0.25, 0.3) is 0 Å². The second kappa shape index (κ2) is 6.17. The minimum absolute atomic E-state index is 0.0683. The number of anilines is 1. The van der Waals surface area contributed by atoms with Gasteiger partial charge in [0.15, 0.2) is 0 Å². The number of likely N-dealkylation sites (N-methyl/N-ethyl adjacent to an activating group) is 1. The van der Waals surface area contributed by atoms with Gasteiger partial charge in [-0.25, -0.2) is 0 Å². The fourth-order valence-corrected chi connectivity index (χ4v) is 2.65. The molecule has 1 aliphatic heterocycles. The summed E-state index contributed by atoms with van der Waals surface area (Å²) >= 11 is 0. The van der Waals surface area contributed by atoms with Crippen molar-refractivity contribution in [3.05, 3.63) is 30.3 Å². The highest BCUT2D eigenvalue weighted by Gasteiger charge is 2.32. The zero-order chi connectivity index (χ0) is 13.8. The van der Waals surface area contributed by atoms with Gasteiger partial charge in [-0.15, -0.1) is 0 Å². The number of amides is 1. The predicted octanol–water partition coefficient (Wildman–Crippen LogP) is 1.35. The molecule has 0 radical (unpaired) electrons. The molecule has 1 aromatic rings. The van der Waals surface area contributed by atoms with Gasteiger partial charge in [0.1, 0.15) is 0 Å². The van der Waals surface area contributed by atoms with E-state index in [1.54, 1.807) is 11.9 Å². The van der Waals surface area contributed by atoms with Crippen molar-refractivity contribution in [2.24, 2.45) is 5.92 Å². The van der Waals surface area contributed by atoms with Crippen LogP contribution in [0.5, 0.6) is 0 Å². The third kappa shape index (κ3) is 3.14. The quantitative estimate of drug-likeness (QED) is 0.891. The molecular weight excluding hydrogens is 240 g/mol. The van der Waals surface area contributed by atoms with E-state index in [1.165, 1.54) is 0 Å². The van der Waals surface area contributed by atoms with Crippen molar-refractivity contribution in [3.8, 4) is 0 Å². The fourth-order valence-electron chi connectivity index (χ4n) is 2.65. The average molecular weight is 262 g/mol. The van der Waals surface area contributed by atoms with Crippen molar-refractivity contribution in [1.82, 2.24) is 4.90 Å². The van der Waals surface area contributed by atoms with Crippen LogP contribution in [0.3, 0.4) is 0 Å². The molecule has 0 aromatic heterocycles. The third-order valence-electron chi connectivity index (χ3n) is 4.04. The van der Waals surface area contributed by atoms with E-state index in [0.29, 0.717) is 12.5 Å². The average Bonchev–Trinajstić information content (AvgIpc) is 2.79. The number of carbonyl (C=O) groups excluding carboxylic acids is 1. The van der Waals surface area contributed by atoms with E-state index >= 15 is 0 Å². The summed E-state index contributed by atoms with van der Waals surface area (Å²) < 4.78 is 0. The smallest absolute Gasteiger partial charge is 0.240 e. The lowest BCUT2D eigenvalue weighted by molar-refractivity contribution is -0.119. The zero-order valence-corrected chi connectivity index (χ0v) is 11.6. The Labute approximate surface area is 114 Å². The van der Waals surface area contributed by atoms with E-state index < -0.39 is 0 Å². The third-order valence-corrected chi connectivity index (χ3v) is 4.04. The van der Waals surface area contributed by atoms with E-state index in [1.807, 2.05) is 30.3 Å². The van der Waals surface area contributed by atoms with Gasteiger partial charge in [0.2, 0.25) is 5.91 Å². The summed E-state index contributed by atoms with van der Waals surface area (Å²) in [6, 6.07) is 9.75. The van der Waals surface area contributed by atoms with Crippen molar-refractivity contribution < 1.29 is 9.90 Å². The molecule has 0 bridgehead atoms. The molecule has 1 saturated heterocycles. The van der Waals surface area contributed by atoms with Crippen LogP contribution in [0.1, 0.15) is 13.3 Å². The standard InChI is InChI=1S/C15H22N2O2/c1-12-8-9-17(14(12)11-18)10-15(19)16(2)13-6-4-3-5-7-13/h3-7,12,14,18H,8-11H2,1-2H3. The highest BCUT2D eigenvalue weighted by molar-refractivity contribution is 5.94. The minimum atomic E-state index is 0.0683. The molecule has 2 rings (SSSR count). The Morgan fingerprint density at radius 2 is 2.11 bits per heavy atom. The topological polar surface area (TPSA) is 43.8 Å².